The maximum absolute atomic E-state index is 12.9. The summed E-state index contributed by atoms with van der Waals surface area (Å²) in [6.45, 7) is 14.5. The predicted molar refractivity (Wildman–Crippen MR) is 139 cm³/mol. The summed E-state index contributed by atoms with van der Waals surface area (Å²) in [5.41, 5.74) is 7.70. The van der Waals surface area contributed by atoms with E-state index in [1.54, 1.807) is 38.1 Å². The lowest BCUT2D eigenvalue weighted by atomic mass is 9.80. The van der Waals surface area contributed by atoms with Crippen molar-refractivity contribution in [3.8, 4) is 0 Å². The Morgan fingerprint density at radius 3 is 2.17 bits per heavy atom. The Kier molecular flexibility index (Phi) is 14.3. The van der Waals surface area contributed by atoms with E-state index in [4.69, 9.17) is 31.5 Å². The Labute approximate surface area is 214 Å². The summed E-state index contributed by atoms with van der Waals surface area (Å²) in [5.74, 6) is -1.86. The number of hydrogen-bond donors (Lipinski definition) is 2. The number of hydrogen-bond acceptors (Lipinski definition) is 8. The highest BCUT2D eigenvalue weighted by molar-refractivity contribution is 6.31. The molecule has 1 aromatic rings. The second-order valence-electron chi connectivity index (χ2n) is 7.68. The van der Waals surface area contributed by atoms with Gasteiger partial charge in [-0.25, -0.2) is 9.59 Å². The van der Waals surface area contributed by atoms with Crippen molar-refractivity contribution in [2.24, 2.45) is 5.73 Å². The smallest absolute Gasteiger partial charge is 0.336 e. The number of nitrogens with one attached hydrogen (secondary N) is 1. The number of benzene rings is 1. The van der Waals surface area contributed by atoms with E-state index in [0.717, 1.165) is 0 Å². The van der Waals surface area contributed by atoms with Crippen molar-refractivity contribution in [3.63, 3.8) is 0 Å². The van der Waals surface area contributed by atoms with Crippen molar-refractivity contribution >= 4 is 23.5 Å². The molecule has 1 atom stereocenters. The molecular formula is C26H40ClN3O5. The fraction of sp³-hybridized carbons (Fsp3) is 0.538. The van der Waals surface area contributed by atoms with Crippen LogP contribution in [0.5, 0.6) is 0 Å². The van der Waals surface area contributed by atoms with Gasteiger partial charge in [0.25, 0.3) is 0 Å². The molecule has 3 N–H and O–H groups in total. The van der Waals surface area contributed by atoms with Gasteiger partial charge in [-0.3, -0.25) is 0 Å². The fourth-order valence-corrected chi connectivity index (χ4v) is 4.03. The maximum atomic E-state index is 12.9. The summed E-state index contributed by atoms with van der Waals surface area (Å²) >= 11 is 6.42. The van der Waals surface area contributed by atoms with Crippen LogP contribution in [0.2, 0.25) is 5.02 Å². The minimum Gasteiger partial charge on any atom is -0.466 e. The van der Waals surface area contributed by atoms with Gasteiger partial charge in [0, 0.05) is 17.3 Å². The molecule has 2 rings (SSSR count). The largest absolute Gasteiger partial charge is 0.466 e. The van der Waals surface area contributed by atoms with Gasteiger partial charge < -0.3 is 30.2 Å². The average Bonchev–Trinajstić information content (AvgIpc) is 2.85. The highest BCUT2D eigenvalue weighted by atomic mass is 35.5. The summed E-state index contributed by atoms with van der Waals surface area (Å²) in [5, 5.41) is 3.52. The van der Waals surface area contributed by atoms with E-state index in [0.29, 0.717) is 40.7 Å². The highest BCUT2D eigenvalue weighted by Gasteiger charge is 2.39. The molecule has 0 radical (unpaired) electrons. The molecule has 35 heavy (non-hydrogen) atoms. The molecular weight excluding hydrogens is 470 g/mol. The molecule has 1 aliphatic heterocycles. The topological polar surface area (TPSA) is 103 Å². The highest BCUT2D eigenvalue weighted by Crippen LogP contribution is 2.41. The lowest BCUT2D eigenvalue weighted by molar-refractivity contribution is -0.139. The predicted octanol–water partition coefficient (Wildman–Crippen LogP) is 3.61. The zero-order chi connectivity index (χ0) is 26.4. The molecule has 0 saturated carbocycles. The molecule has 0 saturated heterocycles. The van der Waals surface area contributed by atoms with Gasteiger partial charge in [0.2, 0.25) is 0 Å². The van der Waals surface area contributed by atoms with Crippen LogP contribution >= 0.6 is 11.6 Å². The number of methoxy groups -OCH3 is 1. The number of rotatable bonds is 11. The Bertz CT molecular complexity index is 891. The van der Waals surface area contributed by atoms with Gasteiger partial charge in [0.05, 0.1) is 49.7 Å². The lowest BCUT2D eigenvalue weighted by Crippen LogP contribution is -2.35. The molecule has 0 aromatic heterocycles. The third-order valence-electron chi connectivity index (χ3n) is 5.61. The van der Waals surface area contributed by atoms with E-state index in [2.05, 4.69) is 31.0 Å². The average molecular weight is 510 g/mol. The van der Waals surface area contributed by atoms with E-state index in [9.17, 15) is 9.59 Å². The number of allylic oxidation sites excluding steroid dienone is 1. The first-order valence-corrected chi connectivity index (χ1v) is 12.4. The quantitative estimate of drug-likeness (QED) is 0.344. The molecule has 1 unspecified atom stereocenters. The van der Waals surface area contributed by atoms with E-state index < -0.39 is 17.9 Å². The number of carbonyl (C=O) groups excluding carboxylic acids is 2. The van der Waals surface area contributed by atoms with Crippen molar-refractivity contribution in [3.05, 3.63) is 57.4 Å². The molecule has 0 spiro atoms. The van der Waals surface area contributed by atoms with E-state index in [-0.39, 0.29) is 18.8 Å². The first kappa shape index (κ1) is 30.6. The Morgan fingerprint density at radius 2 is 1.69 bits per heavy atom. The van der Waals surface area contributed by atoms with Gasteiger partial charge in [-0.2, -0.15) is 0 Å². The van der Waals surface area contributed by atoms with Crippen LogP contribution in [-0.4, -0.2) is 69.9 Å². The Morgan fingerprint density at radius 1 is 1.06 bits per heavy atom. The summed E-state index contributed by atoms with van der Waals surface area (Å²) in [6.07, 6.45) is 0. The fourth-order valence-electron chi connectivity index (χ4n) is 3.79. The van der Waals surface area contributed by atoms with Crippen molar-refractivity contribution in [2.75, 3.05) is 53.1 Å². The maximum Gasteiger partial charge on any atom is 0.336 e. The molecule has 8 nitrogen and oxygen atoms in total. The van der Waals surface area contributed by atoms with Crippen LogP contribution in [-0.2, 0) is 23.8 Å². The van der Waals surface area contributed by atoms with Crippen molar-refractivity contribution in [2.45, 2.75) is 40.5 Å². The number of nitrogens with two attached hydrogens (primary N) is 1. The molecule has 0 aliphatic carbocycles. The number of ether oxygens (including phenoxy) is 3. The van der Waals surface area contributed by atoms with Gasteiger partial charge in [0.1, 0.15) is 0 Å². The summed E-state index contributed by atoms with van der Waals surface area (Å²) in [4.78, 5) is 27.8. The Balaban J connectivity index is 0.000000762. The van der Waals surface area contributed by atoms with Gasteiger partial charge in [-0.15, -0.1) is 0 Å². The molecule has 196 valence electrons. The molecule has 1 aromatic carbocycles. The number of carbonyl (C=O) groups is 2. The first-order valence-electron chi connectivity index (χ1n) is 12.0. The first-order chi connectivity index (χ1) is 16.8. The minimum atomic E-state index is -0.752. The Hall–Kier alpha value is -2.39. The van der Waals surface area contributed by atoms with Gasteiger partial charge in [0.15, 0.2) is 0 Å². The van der Waals surface area contributed by atoms with Gasteiger partial charge in [-0.1, -0.05) is 50.6 Å². The standard InChI is InChI=1S/C20H25ClN2O5.C6H15N/c1-4-28-20(25)18-15(11-27-10-9-22)23-12(2)16(19(24)26-3)17(18)13-7-5-6-8-14(13)21;1-4-7(5-2)6-3/h5-8,17,23H,4,9-11,22H2,1-3H3;4-6H2,1-3H3. The van der Waals surface area contributed by atoms with Crippen molar-refractivity contribution in [1.82, 2.24) is 10.2 Å². The van der Waals surface area contributed by atoms with Crippen LogP contribution in [0.15, 0.2) is 46.8 Å². The number of halogens is 1. The summed E-state index contributed by atoms with van der Waals surface area (Å²) < 4.78 is 15.8. The van der Waals surface area contributed by atoms with E-state index in [1.807, 2.05) is 0 Å². The van der Waals surface area contributed by atoms with Crippen molar-refractivity contribution in [1.29, 1.82) is 0 Å². The zero-order valence-electron chi connectivity index (χ0n) is 21.8. The molecule has 0 fully saturated rings. The minimum absolute atomic E-state index is 0.109. The monoisotopic (exact) mass is 509 g/mol. The third-order valence-corrected chi connectivity index (χ3v) is 5.96. The molecule has 1 heterocycles. The summed E-state index contributed by atoms with van der Waals surface area (Å²) in [6, 6.07) is 7.05. The molecule has 1 aliphatic rings. The van der Waals surface area contributed by atoms with Crippen LogP contribution in [0.3, 0.4) is 0 Å². The SMILES string of the molecule is CCN(CC)CC.CCOC(=O)C1=C(COCCN)NC(C)=C(C(=O)OC)C1c1ccccc1Cl. The summed E-state index contributed by atoms with van der Waals surface area (Å²) in [7, 11) is 1.29. The van der Waals surface area contributed by atoms with E-state index in [1.165, 1.54) is 26.7 Å². The van der Waals surface area contributed by atoms with Crippen LogP contribution in [0.1, 0.15) is 46.1 Å². The lowest BCUT2D eigenvalue weighted by Gasteiger charge is -2.31. The molecule has 0 amide bonds. The number of esters is 2. The van der Waals surface area contributed by atoms with Crippen LogP contribution < -0.4 is 11.1 Å². The van der Waals surface area contributed by atoms with Gasteiger partial charge >= 0.3 is 11.9 Å². The van der Waals surface area contributed by atoms with Gasteiger partial charge in [-0.05, 0) is 45.1 Å². The molecule has 0 bridgehead atoms. The van der Waals surface area contributed by atoms with Crippen LogP contribution in [0.4, 0.5) is 0 Å². The molecule has 9 heteroatoms. The zero-order valence-corrected chi connectivity index (χ0v) is 22.5. The van der Waals surface area contributed by atoms with Crippen LogP contribution in [0, 0.1) is 0 Å². The van der Waals surface area contributed by atoms with Crippen molar-refractivity contribution < 1.29 is 23.8 Å². The van der Waals surface area contributed by atoms with Crippen LogP contribution in [0.25, 0.3) is 0 Å². The van der Waals surface area contributed by atoms with E-state index >= 15 is 0 Å². The number of nitrogens with zero attached hydrogens (tertiary/aromatic N) is 1. The normalized spacial score (nSPS) is 15.4. The second-order valence-corrected chi connectivity index (χ2v) is 8.09. The third kappa shape index (κ3) is 8.65. The second kappa shape index (κ2) is 16.3. The number of dihydropyridines is 1.